The maximum absolute atomic E-state index is 12.5. The second kappa shape index (κ2) is 12.5. The van der Waals surface area contributed by atoms with Crippen LogP contribution in [0.15, 0.2) is 0 Å². The summed E-state index contributed by atoms with van der Waals surface area (Å²) in [5.74, 6) is -0.191. The number of carbonyl (C=O) groups excluding carboxylic acids is 3. The van der Waals surface area contributed by atoms with Gasteiger partial charge in [0, 0.05) is 31.8 Å². The van der Waals surface area contributed by atoms with Crippen molar-refractivity contribution in [2.45, 2.75) is 75.5 Å². The number of hydrogen-bond donors (Lipinski definition) is 1. The molecule has 3 radical (unpaired) electrons. The molecule has 8 nitrogen and oxygen atoms in total. The predicted molar refractivity (Wildman–Crippen MR) is 111 cm³/mol. The molecule has 0 aromatic rings. The van der Waals surface area contributed by atoms with Crippen molar-refractivity contribution in [2.24, 2.45) is 0 Å². The summed E-state index contributed by atoms with van der Waals surface area (Å²) in [6, 6.07) is 2.07. The normalized spacial score (nSPS) is 23.6. The largest absolute Gasteiger partial charge is 0.418 e. The summed E-state index contributed by atoms with van der Waals surface area (Å²) in [5, 5.41) is 2.91. The highest BCUT2D eigenvalue weighted by Gasteiger charge is 2.67. The quantitative estimate of drug-likeness (QED) is 0.170. The highest BCUT2D eigenvalue weighted by Crippen LogP contribution is 2.37. The fraction of sp³-hybridized carbons (Fsp3) is 0.842. The fourth-order valence-corrected chi connectivity index (χ4v) is 5.41. The van der Waals surface area contributed by atoms with Gasteiger partial charge in [0.15, 0.2) is 0 Å². The molecule has 1 N–H and O–H groups in total. The Morgan fingerprint density at radius 2 is 2.21 bits per heavy atom. The lowest BCUT2D eigenvalue weighted by Gasteiger charge is -2.32. The van der Waals surface area contributed by atoms with Crippen molar-refractivity contribution in [1.82, 2.24) is 10.2 Å². The zero-order valence-corrected chi connectivity index (χ0v) is 19.5. The van der Waals surface area contributed by atoms with Crippen LogP contribution in [0, 0.1) is 0 Å². The Bertz CT molecular complexity index is 553. The number of hydrogen-bond acceptors (Lipinski definition) is 6. The molecule has 2 aliphatic rings. The zero-order chi connectivity index (χ0) is 21.1. The first kappa shape index (κ1) is 24.0. The van der Waals surface area contributed by atoms with E-state index in [1.165, 1.54) is 6.04 Å². The molecule has 2 rings (SSSR count). The average molecular weight is 442 g/mol. The minimum atomic E-state index is -1.29. The molecule has 0 aliphatic carbocycles. The molecule has 0 spiro atoms. The van der Waals surface area contributed by atoms with Crippen molar-refractivity contribution in [3.05, 3.63) is 0 Å². The van der Waals surface area contributed by atoms with Gasteiger partial charge in [-0.05, 0) is 38.7 Å². The molecule has 0 bridgehead atoms. The maximum atomic E-state index is 12.5. The summed E-state index contributed by atoms with van der Waals surface area (Å²) in [4.78, 5) is 36.8. The minimum Gasteiger partial charge on any atom is -0.418 e. The summed E-state index contributed by atoms with van der Waals surface area (Å²) < 4.78 is 16.6. The van der Waals surface area contributed by atoms with Crippen LogP contribution < -0.4 is 5.32 Å². The van der Waals surface area contributed by atoms with Gasteiger partial charge in [-0.25, -0.2) is 4.79 Å². The Hall–Kier alpha value is -1.24. The number of ether oxygens (including phenoxy) is 2. The Kier molecular flexibility index (Phi) is 10.3. The molecule has 2 saturated heterocycles. The van der Waals surface area contributed by atoms with E-state index in [9.17, 15) is 14.4 Å². The number of rotatable bonds is 16. The fourth-order valence-electron chi connectivity index (χ4n) is 3.24. The van der Waals surface area contributed by atoms with Crippen LogP contribution in [-0.4, -0.2) is 79.5 Å². The molecule has 29 heavy (non-hydrogen) atoms. The lowest BCUT2D eigenvalue weighted by Crippen LogP contribution is -2.52. The predicted octanol–water partition coefficient (Wildman–Crippen LogP) is 1.93. The van der Waals surface area contributed by atoms with Crippen molar-refractivity contribution in [1.29, 1.82) is 0 Å². The van der Waals surface area contributed by atoms with Gasteiger partial charge in [0.2, 0.25) is 9.76 Å². The van der Waals surface area contributed by atoms with E-state index < -0.39 is 20.6 Å². The first-order chi connectivity index (χ1) is 14.0. The van der Waals surface area contributed by atoms with Crippen LogP contribution in [0.4, 0.5) is 4.79 Å². The number of nitrogens with one attached hydrogen (secondary N) is 1. The van der Waals surface area contributed by atoms with E-state index in [4.69, 9.17) is 13.9 Å². The Balaban J connectivity index is 1.79. The molecule has 0 aromatic heterocycles. The van der Waals surface area contributed by atoms with Gasteiger partial charge >= 0.3 is 6.09 Å². The van der Waals surface area contributed by atoms with Crippen LogP contribution in [-0.2, 0) is 23.5 Å². The molecule has 2 heterocycles. The van der Waals surface area contributed by atoms with Gasteiger partial charge in [-0.1, -0.05) is 19.0 Å². The third-order valence-electron chi connectivity index (χ3n) is 5.26. The first-order valence-corrected chi connectivity index (χ1v) is 13.9. The molecule has 2 aliphatic heterocycles. The Morgan fingerprint density at radius 3 is 2.86 bits per heavy atom. The summed E-state index contributed by atoms with van der Waals surface area (Å²) in [5.41, 5.74) is -1.07. The van der Waals surface area contributed by atoms with Crippen LogP contribution >= 0.6 is 0 Å². The Morgan fingerprint density at radius 1 is 1.38 bits per heavy atom. The first-order valence-electron chi connectivity index (χ1n) is 10.5. The molecular weight excluding hydrogens is 408 g/mol. The van der Waals surface area contributed by atoms with E-state index >= 15 is 0 Å². The van der Waals surface area contributed by atoms with E-state index in [0.29, 0.717) is 35.9 Å². The van der Waals surface area contributed by atoms with E-state index in [1.54, 1.807) is 4.90 Å². The number of amides is 2. The molecule has 10 heteroatoms. The molecule has 2 fully saturated rings. The highest BCUT2D eigenvalue weighted by atomic mass is 28.3. The monoisotopic (exact) mass is 441 g/mol. The lowest BCUT2D eigenvalue weighted by molar-refractivity contribution is -0.118. The van der Waals surface area contributed by atoms with Gasteiger partial charge in [0.1, 0.15) is 12.9 Å². The highest BCUT2D eigenvalue weighted by molar-refractivity contribution is 6.62. The van der Waals surface area contributed by atoms with Gasteiger partial charge < -0.3 is 24.0 Å². The van der Waals surface area contributed by atoms with Crippen LogP contribution in [0.3, 0.4) is 0 Å². The third kappa shape index (κ3) is 7.19. The molecule has 163 valence electrons. The van der Waals surface area contributed by atoms with Crippen molar-refractivity contribution in [3.8, 4) is 0 Å². The van der Waals surface area contributed by atoms with Crippen LogP contribution in [0.1, 0.15) is 45.4 Å². The summed E-state index contributed by atoms with van der Waals surface area (Å²) >= 11 is 0. The molecule has 0 saturated carbocycles. The van der Waals surface area contributed by atoms with Gasteiger partial charge in [-0.15, -0.1) is 0 Å². The number of unbranched alkanes of at least 4 members (excludes halogenated alkanes) is 3. The molecule has 2 amide bonds. The molecular formula is C19H33N2O6Si2. The summed E-state index contributed by atoms with van der Waals surface area (Å²) in [6.45, 7) is 5.90. The van der Waals surface area contributed by atoms with E-state index in [1.807, 2.05) is 6.92 Å². The van der Waals surface area contributed by atoms with Crippen molar-refractivity contribution >= 4 is 36.8 Å². The second-order valence-electron chi connectivity index (χ2n) is 7.46. The number of nitrogens with zero attached hydrogens (tertiary/aromatic N) is 1. The SMILES string of the molecule is CCO[Si]CCCN1C(=O)C1(COCCCCCC=O)OC(=O)NC1CC[Si]1C. The van der Waals surface area contributed by atoms with Gasteiger partial charge in [-0.3, -0.25) is 9.69 Å². The van der Waals surface area contributed by atoms with E-state index in [0.717, 1.165) is 44.4 Å². The van der Waals surface area contributed by atoms with Crippen molar-refractivity contribution in [3.63, 3.8) is 0 Å². The van der Waals surface area contributed by atoms with Crippen LogP contribution in [0.25, 0.3) is 0 Å². The number of alkyl carbamates (subject to hydrolysis) is 1. The smallest absolute Gasteiger partial charge is 0.409 e. The summed E-state index contributed by atoms with van der Waals surface area (Å²) in [7, 11) is -0.101. The zero-order valence-electron chi connectivity index (χ0n) is 17.5. The van der Waals surface area contributed by atoms with Gasteiger partial charge in [0.25, 0.3) is 11.6 Å². The number of carbonyl (C=O) groups is 3. The van der Waals surface area contributed by atoms with Crippen LogP contribution in [0.5, 0.6) is 0 Å². The molecule has 2 unspecified atom stereocenters. The van der Waals surface area contributed by atoms with E-state index in [2.05, 4.69) is 11.9 Å². The molecule has 2 atom stereocenters. The second-order valence-corrected chi connectivity index (χ2v) is 11.4. The maximum Gasteiger partial charge on any atom is 0.409 e. The minimum absolute atomic E-state index is 0.0509. The third-order valence-corrected chi connectivity index (χ3v) is 9.01. The van der Waals surface area contributed by atoms with Gasteiger partial charge in [-0.2, -0.15) is 0 Å². The number of aldehydes is 1. The topological polar surface area (TPSA) is 93.9 Å². The molecule has 0 aromatic carbocycles. The average Bonchev–Trinajstić information content (AvgIpc) is 3.25. The van der Waals surface area contributed by atoms with E-state index in [-0.39, 0.29) is 18.2 Å². The Labute approximate surface area is 177 Å². The standard InChI is InChI=1S/C19H33N2O6Si2/c1-3-26-28-13-8-10-21-17(23)19(21,15-25-12-7-5-4-6-11-22)27-18(24)20-16-9-14-29(16)2/h11,16H,3-10,12-15H2,1-2H3,(H,20,24). The van der Waals surface area contributed by atoms with Crippen LogP contribution in [0.2, 0.25) is 18.6 Å². The van der Waals surface area contributed by atoms with Crippen molar-refractivity contribution < 1.29 is 28.3 Å². The lowest BCUT2D eigenvalue weighted by atomic mass is 10.2. The van der Waals surface area contributed by atoms with Gasteiger partial charge in [0.05, 0.1) is 8.80 Å². The summed E-state index contributed by atoms with van der Waals surface area (Å²) in [6.07, 6.45) is 5.28. The van der Waals surface area contributed by atoms with Crippen molar-refractivity contribution in [2.75, 3.05) is 26.4 Å².